The third-order valence-corrected chi connectivity index (χ3v) is 6.58. The lowest BCUT2D eigenvalue weighted by atomic mass is 9.95. The van der Waals surface area contributed by atoms with Crippen LogP contribution in [0.2, 0.25) is 0 Å². The number of rotatable bonds is 11. The van der Waals surface area contributed by atoms with Gasteiger partial charge in [-0.3, -0.25) is 0 Å². The summed E-state index contributed by atoms with van der Waals surface area (Å²) in [7, 11) is 0. The van der Waals surface area contributed by atoms with Gasteiger partial charge >= 0.3 is 6.36 Å². The highest BCUT2D eigenvalue weighted by molar-refractivity contribution is 5.30. The zero-order valence-corrected chi connectivity index (χ0v) is 20.7. The standard InChI is InChI=1S/C28H35F3O5/c1-2-3-4-5-6-7-18-32-22-12-10-21(11-13-22)27-33-19-26-25(35-27)17-16-24(34-26)20-8-14-23(15-9-20)36-28(29,30)31/h8-15,24-27H,2-7,16-19H2,1H3/t24-,25+,26-,27?/m1/s1. The van der Waals surface area contributed by atoms with E-state index in [4.69, 9.17) is 18.9 Å². The smallest absolute Gasteiger partial charge is 0.494 e. The molecule has 2 fully saturated rings. The molecule has 198 valence electrons. The zero-order chi connectivity index (χ0) is 25.4. The highest BCUT2D eigenvalue weighted by Gasteiger charge is 2.39. The Morgan fingerprint density at radius 2 is 1.44 bits per heavy atom. The second-order valence-corrected chi connectivity index (χ2v) is 9.38. The van der Waals surface area contributed by atoms with E-state index < -0.39 is 12.7 Å². The highest BCUT2D eigenvalue weighted by Crippen LogP contribution is 2.39. The Bertz CT molecular complexity index is 916. The van der Waals surface area contributed by atoms with Crippen LogP contribution in [0.4, 0.5) is 13.2 Å². The largest absolute Gasteiger partial charge is 0.573 e. The third kappa shape index (κ3) is 7.85. The molecule has 0 radical (unpaired) electrons. The lowest BCUT2D eigenvalue weighted by Gasteiger charge is -2.42. The van der Waals surface area contributed by atoms with Crippen molar-refractivity contribution >= 4 is 0 Å². The summed E-state index contributed by atoms with van der Waals surface area (Å²) in [6, 6.07) is 13.7. The Morgan fingerprint density at radius 1 is 0.778 bits per heavy atom. The minimum Gasteiger partial charge on any atom is -0.494 e. The first-order valence-electron chi connectivity index (χ1n) is 12.9. The van der Waals surface area contributed by atoms with E-state index in [1.54, 1.807) is 12.1 Å². The fourth-order valence-corrected chi connectivity index (χ4v) is 4.65. The summed E-state index contributed by atoms with van der Waals surface area (Å²) in [4.78, 5) is 0. The maximum atomic E-state index is 12.4. The van der Waals surface area contributed by atoms with Crippen LogP contribution in [-0.4, -0.2) is 31.8 Å². The molecule has 0 aromatic heterocycles. The maximum Gasteiger partial charge on any atom is 0.573 e. The van der Waals surface area contributed by atoms with Crippen LogP contribution in [0, 0.1) is 0 Å². The minimum atomic E-state index is -4.70. The van der Waals surface area contributed by atoms with Crippen LogP contribution in [0.15, 0.2) is 48.5 Å². The number of halogens is 3. The van der Waals surface area contributed by atoms with Crippen LogP contribution < -0.4 is 9.47 Å². The lowest BCUT2D eigenvalue weighted by molar-refractivity contribution is -0.289. The third-order valence-electron chi connectivity index (χ3n) is 6.58. The van der Waals surface area contributed by atoms with Crippen molar-refractivity contribution in [3.8, 4) is 11.5 Å². The summed E-state index contributed by atoms with van der Waals surface area (Å²) in [5, 5.41) is 0. The summed E-state index contributed by atoms with van der Waals surface area (Å²) < 4.78 is 65.3. The van der Waals surface area contributed by atoms with Crippen molar-refractivity contribution in [2.45, 2.75) is 89.3 Å². The van der Waals surface area contributed by atoms with Crippen molar-refractivity contribution in [2.24, 2.45) is 0 Å². The second-order valence-electron chi connectivity index (χ2n) is 9.38. The number of ether oxygens (including phenoxy) is 5. The molecule has 2 aromatic rings. The number of benzene rings is 2. The van der Waals surface area contributed by atoms with Crippen molar-refractivity contribution in [2.75, 3.05) is 13.2 Å². The van der Waals surface area contributed by atoms with Crippen molar-refractivity contribution in [1.82, 2.24) is 0 Å². The monoisotopic (exact) mass is 508 g/mol. The Labute approximate surface area is 210 Å². The number of alkyl halides is 3. The van der Waals surface area contributed by atoms with Crippen molar-refractivity contribution in [1.29, 1.82) is 0 Å². The molecule has 2 heterocycles. The second kappa shape index (κ2) is 12.8. The van der Waals surface area contributed by atoms with Gasteiger partial charge in [-0.25, -0.2) is 0 Å². The lowest BCUT2D eigenvalue weighted by Crippen LogP contribution is -2.45. The van der Waals surface area contributed by atoms with Gasteiger partial charge in [-0.1, -0.05) is 63.3 Å². The molecular weight excluding hydrogens is 473 g/mol. The zero-order valence-electron chi connectivity index (χ0n) is 20.7. The SMILES string of the molecule is CCCCCCCCOc1ccc(C2OC[C@H]3O[C@@H](c4ccc(OC(F)(F)F)cc4)CC[C@@H]3O2)cc1. The fraction of sp³-hybridized carbons (Fsp3) is 0.571. The van der Waals surface area contributed by atoms with Gasteiger partial charge in [-0.2, -0.15) is 0 Å². The molecule has 5 nitrogen and oxygen atoms in total. The molecule has 0 amide bonds. The van der Waals surface area contributed by atoms with Gasteiger partial charge in [0.15, 0.2) is 6.29 Å². The van der Waals surface area contributed by atoms with Gasteiger partial charge in [0.25, 0.3) is 0 Å². The van der Waals surface area contributed by atoms with Gasteiger partial charge in [-0.05, 0) is 49.1 Å². The first kappa shape index (κ1) is 26.8. The van der Waals surface area contributed by atoms with E-state index in [9.17, 15) is 13.2 Å². The Hall–Kier alpha value is -2.29. The topological polar surface area (TPSA) is 46.2 Å². The molecule has 2 aliphatic heterocycles. The quantitative estimate of drug-likeness (QED) is 0.292. The molecule has 8 heteroatoms. The molecule has 0 saturated carbocycles. The molecule has 1 unspecified atom stereocenters. The molecule has 2 aromatic carbocycles. The van der Waals surface area contributed by atoms with E-state index in [2.05, 4.69) is 11.7 Å². The molecule has 4 rings (SSSR count). The number of unbranched alkanes of at least 4 members (excludes halogenated alkanes) is 5. The van der Waals surface area contributed by atoms with E-state index in [0.717, 1.165) is 36.3 Å². The summed E-state index contributed by atoms with van der Waals surface area (Å²) in [6.07, 6.45) is 3.15. The normalized spacial score (nSPS) is 24.2. The molecular formula is C28H35F3O5. The molecule has 0 spiro atoms. The molecule has 2 aliphatic rings. The Balaban J connectivity index is 1.21. The van der Waals surface area contributed by atoms with Crippen LogP contribution in [0.3, 0.4) is 0 Å². The van der Waals surface area contributed by atoms with Crippen LogP contribution in [0.25, 0.3) is 0 Å². The van der Waals surface area contributed by atoms with Gasteiger partial charge < -0.3 is 23.7 Å². The predicted molar refractivity (Wildman–Crippen MR) is 129 cm³/mol. The molecule has 0 N–H and O–H groups in total. The molecule has 2 saturated heterocycles. The molecule has 0 aliphatic carbocycles. The average molecular weight is 509 g/mol. The minimum absolute atomic E-state index is 0.100. The van der Waals surface area contributed by atoms with E-state index in [0.29, 0.717) is 13.0 Å². The van der Waals surface area contributed by atoms with Gasteiger partial charge in [-0.15, -0.1) is 13.2 Å². The van der Waals surface area contributed by atoms with Gasteiger partial charge in [0, 0.05) is 5.56 Å². The first-order valence-corrected chi connectivity index (χ1v) is 12.9. The van der Waals surface area contributed by atoms with Crippen LogP contribution >= 0.6 is 0 Å². The van der Waals surface area contributed by atoms with Crippen LogP contribution in [0.1, 0.15) is 81.8 Å². The predicted octanol–water partition coefficient (Wildman–Crippen LogP) is 7.66. The number of hydrogen-bond donors (Lipinski definition) is 0. The van der Waals surface area contributed by atoms with Crippen molar-refractivity contribution in [3.63, 3.8) is 0 Å². The maximum absolute atomic E-state index is 12.4. The van der Waals surface area contributed by atoms with Gasteiger partial charge in [0.05, 0.1) is 25.4 Å². The van der Waals surface area contributed by atoms with E-state index in [1.165, 1.54) is 44.2 Å². The van der Waals surface area contributed by atoms with Gasteiger partial charge in [0.2, 0.25) is 0 Å². The number of hydrogen-bond acceptors (Lipinski definition) is 5. The van der Waals surface area contributed by atoms with Gasteiger partial charge in [0.1, 0.15) is 17.6 Å². The molecule has 4 atom stereocenters. The Morgan fingerprint density at radius 3 is 2.17 bits per heavy atom. The summed E-state index contributed by atoms with van der Waals surface area (Å²) in [5.41, 5.74) is 1.74. The first-order chi connectivity index (χ1) is 17.4. The van der Waals surface area contributed by atoms with Crippen LogP contribution in [0.5, 0.6) is 11.5 Å². The van der Waals surface area contributed by atoms with Crippen molar-refractivity contribution in [3.05, 3.63) is 59.7 Å². The van der Waals surface area contributed by atoms with E-state index in [-0.39, 0.29) is 24.1 Å². The number of fused-ring (bicyclic) bond motifs is 1. The average Bonchev–Trinajstić information content (AvgIpc) is 2.87. The Kier molecular flexibility index (Phi) is 9.51. The summed E-state index contributed by atoms with van der Waals surface area (Å²) in [5.74, 6) is 0.599. The van der Waals surface area contributed by atoms with E-state index in [1.807, 2.05) is 24.3 Å². The molecule has 36 heavy (non-hydrogen) atoms. The van der Waals surface area contributed by atoms with E-state index >= 15 is 0 Å². The highest BCUT2D eigenvalue weighted by atomic mass is 19.4. The fourth-order valence-electron chi connectivity index (χ4n) is 4.65. The summed E-state index contributed by atoms with van der Waals surface area (Å²) >= 11 is 0. The molecule has 0 bridgehead atoms. The van der Waals surface area contributed by atoms with Crippen LogP contribution in [-0.2, 0) is 14.2 Å². The summed E-state index contributed by atoms with van der Waals surface area (Å²) in [6.45, 7) is 3.33. The van der Waals surface area contributed by atoms with Crippen molar-refractivity contribution < 1.29 is 36.9 Å².